The van der Waals surface area contributed by atoms with Gasteiger partial charge in [0.1, 0.15) is 0 Å². The van der Waals surface area contributed by atoms with Gasteiger partial charge in [0.15, 0.2) is 0 Å². The zero-order valence-corrected chi connectivity index (χ0v) is 13.3. The summed E-state index contributed by atoms with van der Waals surface area (Å²) in [5.41, 5.74) is 0.909. The molecule has 24 heavy (non-hydrogen) atoms. The lowest BCUT2D eigenvalue weighted by atomic mass is 10.2. The topological polar surface area (TPSA) is 105 Å². The molecule has 0 aliphatic carbocycles. The number of carbonyl (C=O) groups is 4. The predicted molar refractivity (Wildman–Crippen MR) is 85.2 cm³/mol. The number of carbonyl (C=O) groups excluding carboxylic acids is 4. The molecule has 8 heteroatoms. The highest BCUT2D eigenvalue weighted by molar-refractivity contribution is 5.95. The number of benzene rings is 1. The molecule has 1 saturated heterocycles. The first-order valence-corrected chi connectivity index (χ1v) is 7.52. The lowest BCUT2D eigenvalue weighted by Gasteiger charge is -2.26. The van der Waals surface area contributed by atoms with Gasteiger partial charge in [-0.3, -0.25) is 14.4 Å². The molecule has 8 nitrogen and oxygen atoms in total. The quantitative estimate of drug-likeness (QED) is 0.746. The Morgan fingerprint density at radius 1 is 1.21 bits per heavy atom. The summed E-state index contributed by atoms with van der Waals surface area (Å²) in [6.45, 7) is 0.930. The molecule has 1 heterocycles. The minimum absolute atomic E-state index is 0.0235. The van der Waals surface area contributed by atoms with Gasteiger partial charge in [-0.2, -0.15) is 0 Å². The Morgan fingerprint density at radius 2 is 1.92 bits per heavy atom. The molecular weight excluding hydrogens is 314 g/mol. The maximum Gasteiger partial charge on any atom is 0.337 e. The molecule has 3 amide bonds. The van der Waals surface area contributed by atoms with Crippen LogP contribution < -0.4 is 10.6 Å². The molecule has 1 aromatic carbocycles. The van der Waals surface area contributed by atoms with E-state index < -0.39 is 5.97 Å². The van der Waals surface area contributed by atoms with Gasteiger partial charge < -0.3 is 20.3 Å². The first-order chi connectivity index (χ1) is 11.5. The van der Waals surface area contributed by atoms with Crippen molar-refractivity contribution in [2.24, 2.45) is 0 Å². The van der Waals surface area contributed by atoms with Crippen molar-refractivity contribution in [1.82, 2.24) is 10.2 Å². The van der Waals surface area contributed by atoms with Crippen LogP contribution in [-0.4, -0.2) is 55.3 Å². The minimum Gasteiger partial charge on any atom is -0.465 e. The maximum absolute atomic E-state index is 12.0. The summed E-state index contributed by atoms with van der Waals surface area (Å²) in [6.07, 6.45) is 0.0645. The van der Waals surface area contributed by atoms with Crippen LogP contribution >= 0.6 is 0 Å². The van der Waals surface area contributed by atoms with E-state index >= 15 is 0 Å². The predicted octanol–water partition coefficient (Wildman–Crippen LogP) is 0.150. The average Bonchev–Trinajstić information content (AvgIpc) is 2.59. The third-order valence-electron chi connectivity index (χ3n) is 3.55. The molecule has 2 rings (SSSR count). The number of nitrogens with one attached hydrogen (secondary N) is 2. The summed E-state index contributed by atoms with van der Waals surface area (Å²) < 4.78 is 4.59. The molecule has 0 atom stereocenters. The second-order valence-corrected chi connectivity index (χ2v) is 5.28. The van der Waals surface area contributed by atoms with E-state index in [1.165, 1.54) is 12.0 Å². The largest absolute Gasteiger partial charge is 0.465 e. The standard InChI is InChI=1S/C16H19N3O5/c1-24-16(23)11-2-4-12(5-3-11)18-13(20)6-7-15(22)19-9-8-17-14(21)10-19/h2-5H,6-10H2,1H3,(H,17,21)(H,18,20). The fourth-order valence-electron chi connectivity index (χ4n) is 2.26. The molecule has 0 saturated carbocycles. The fraction of sp³-hybridized carbons (Fsp3) is 0.375. The molecule has 1 aliphatic heterocycles. The molecule has 0 spiro atoms. The van der Waals surface area contributed by atoms with Crippen LogP contribution in [0.4, 0.5) is 5.69 Å². The van der Waals surface area contributed by atoms with Crippen LogP contribution in [0, 0.1) is 0 Å². The monoisotopic (exact) mass is 333 g/mol. The van der Waals surface area contributed by atoms with Gasteiger partial charge in [-0.05, 0) is 24.3 Å². The Kier molecular flexibility index (Phi) is 5.89. The molecule has 1 aliphatic rings. The van der Waals surface area contributed by atoms with Crippen molar-refractivity contribution in [1.29, 1.82) is 0 Å². The van der Waals surface area contributed by atoms with Crippen LogP contribution in [0.5, 0.6) is 0 Å². The van der Waals surface area contributed by atoms with Gasteiger partial charge in [0.05, 0.1) is 19.2 Å². The number of hydrogen-bond acceptors (Lipinski definition) is 5. The van der Waals surface area contributed by atoms with Gasteiger partial charge in [0, 0.05) is 31.6 Å². The summed E-state index contributed by atoms with van der Waals surface area (Å²) in [6, 6.07) is 6.25. The van der Waals surface area contributed by atoms with Crippen LogP contribution in [0.15, 0.2) is 24.3 Å². The lowest BCUT2D eigenvalue weighted by molar-refractivity contribution is -0.138. The zero-order chi connectivity index (χ0) is 17.5. The van der Waals surface area contributed by atoms with Crippen molar-refractivity contribution < 1.29 is 23.9 Å². The number of nitrogens with zero attached hydrogens (tertiary/aromatic N) is 1. The van der Waals surface area contributed by atoms with Crippen LogP contribution in [0.2, 0.25) is 0 Å². The third-order valence-corrected chi connectivity index (χ3v) is 3.55. The molecular formula is C16H19N3O5. The minimum atomic E-state index is -0.455. The summed E-state index contributed by atoms with van der Waals surface area (Å²) in [5.74, 6) is -1.18. The van der Waals surface area contributed by atoms with E-state index in [2.05, 4.69) is 15.4 Å². The highest BCUT2D eigenvalue weighted by Crippen LogP contribution is 2.11. The SMILES string of the molecule is COC(=O)c1ccc(NC(=O)CCC(=O)N2CCNC(=O)C2)cc1. The molecule has 1 aromatic rings. The summed E-state index contributed by atoms with van der Waals surface area (Å²) in [4.78, 5) is 47.9. The highest BCUT2D eigenvalue weighted by Gasteiger charge is 2.21. The lowest BCUT2D eigenvalue weighted by Crippen LogP contribution is -2.50. The molecule has 0 bridgehead atoms. The molecule has 0 radical (unpaired) electrons. The molecule has 2 N–H and O–H groups in total. The maximum atomic E-state index is 12.0. The fourth-order valence-corrected chi connectivity index (χ4v) is 2.26. The van der Waals surface area contributed by atoms with Gasteiger partial charge in [0.25, 0.3) is 0 Å². The number of hydrogen-bond donors (Lipinski definition) is 2. The first kappa shape index (κ1) is 17.5. The Morgan fingerprint density at radius 3 is 2.54 bits per heavy atom. The Hall–Kier alpha value is -2.90. The van der Waals surface area contributed by atoms with Crippen molar-refractivity contribution in [2.45, 2.75) is 12.8 Å². The number of anilines is 1. The van der Waals surface area contributed by atoms with Crippen LogP contribution in [0.1, 0.15) is 23.2 Å². The number of methoxy groups -OCH3 is 1. The van der Waals surface area contributed by atoms with E-state index in [9.17, 15) is 19.2 Å². The summed E-state index contributed by atoms with van der Waals surface area (Å²) in [7, 11) is 1.29. The third kappa shape index (κ3) is 4.80. The summed E-state index contributed by atoms with van der Waals surface area (Å²) in [5, 5.41) is 5.29. The molecule has 0 unspecified atom stereocenters. The number of ether oxygens (including phenoxy) is 1. The Balaban J connectivity index is 1.79. The van der Waals surface area contributed by atoms with E-state index in [0.29, 0.717) is 24.3 Å². The van der Waals surface area contributed by atoms with E-state index in [4.69, 9.17) is 0 Å². The van der Waals surface area contributed by atoms with E-state index in [-0.39, 0.29) is 37.1 Å². The highest BCUT2D eigenvalue weighted by atomic mass is 16.5. The first-order valence-electron chi connectivity index (χ1n) is 7.52. The van der Waals surface area contributed by atoms with Crippen molar-refractivity contribution in [2.75, 3.05) is 32.1 Å². The normalized spacial score (nSPS) is 13.9. The average molecular weight is 333 g/mol. The Bertz CT molecular complexity index is 642. The van der Waals surface area contributed by atoms with Gasteiger partial charge in [-0.1, -0.05) is 0 Å². The zero-order valence-electron chi connectivity index (χ0n) is 13.3. The molecule has 0 aromatic heterocycles. The van der Waals surface area contributed by atoms with E-state index in [1.807, 2.05) is 0 Å². The second-order valence-electron chi connectivity index (χ2n) is 5.28. The van der Waals surface area contributed by atoms with Crippen LogP contribution in [-0.2, 0) is 19.1 Å². The molecule has 1 fully saturated rings. The van der Waals surface area contributed by atoms with Gasteiger partial charge in [0.2, 0.25) is 17.7 Å². The van der Waals surface area contributed by atoms with Gasteiger partial charge in [-0.15, -0.1) is 0 Å². The van der Waals surface area contributed by atoms with E-state index in [1.54, 1.807) is 24.3 Å². The van der Waals surface area contributed by atoms with Crippen molar-refractivity contribution >= 4 is 29.4 Å². The number of piperazine rings is 1. The van der Waals surface area contributed by atoms with Gasteiger partial charge >= 0.3 is 5.97 Å². The smallest absolute Gasteiger partial charge is 0.337 e. The summed E-state index contributed by atoms with van der Waals surface area (Å²) >= 11 is 0. The van der Waals surface area contributed by atoms with Crippen LogP contribution in [0.3, 0.4) is 0 Å². The number of esters is 1. The van der Waals surface area contributed by atoms with Crippen molar-refractivity contribution in [3.05, 3.63) is 29.8 Å². The van der Waals surface area contributed by atoms with Crippen molar-refractivity contribution in [3.63, 3.8) is 0 Å². The van der Waals surface area contributed by atoms with Gasteiger partial charge in [-0.25, -0.2) is 4.79 Å². The number of amides is 3. The van der Waals surface area contributed by atoms with E-state index in [0.717, 1.165) is 0 Å². The van der Waals surface area contributed by atoms with Crippen molar-refractivity contribution in [3.8, 4) is 0 Å². The Labute approximate surface area is 139 Å². The second kappa shape index (κ2) is 8.09. The molecule has 128 valence electrons. The number of rotatable bonds is 5. The van der Waals surface area contributed by atoms with Crippen LogP contribution in [0.25, 0.3) is 0 Å².